The molecule has 2 heterocycles. The van der Waals surface area contributed by atoms with Gasteiger partial charge in [0.15, 0.2) is 0 Å². The summed E-state index contributed by atoms with van der Waals surface area (Å²) < 4.78 is 0. The Morgan fingerprint density at radius 1 is 1.13 bits per heavy atom. The van der Waals surface area contributed by atoms with Gasteiger partial charge in [0.05, 0.1) is 17.8 Å². The summed E-state index contributed by atoms with van der Waals surface area (Å²) in [7, 11) is 0. The number of hydrogen-bond acceptors (Lipinski definition) is 5. The highest BCUT2D eigenvalue weighted by molar-refractivity contribution is 5.93. The fourth-order valence-corrected chi connectivity index (χ4v) is 4.52. The van der Waals surface area contributed by atoms with Crippen molar-refractivity contribution in [2.75, 3.05) is 26.2 Å². The molecule has 0 spiro atoms. The molecule has 1 aromatic carbocycles. The van der Waals surface area contributed by atoms with Crippen LogP contribution in [0.25, 0.3) is 11.3 Å². The lowest BCUT2D eigenvalue weighted by Crippen LogP contribution is -2.60. The summed E-state index contributed by atoms with van der Waals surface area (Å²) in [6, 6.07) is 11.1. The van der Waals surface area contributed by atoms with E-state index in [1.165, 1.54) is 0 Å². The minimum Gasteiger partial charge on any atom is -0.389 e. The summed E-state index contributed by atoms with van der Waals surface area (Å²) >= 11 is 0. The second-order valence-corrected chi connectivity index (χ2v) is 8.14. The molecule has 2 aromatic rings. The summed E-state index contributed by atoms with van der Waals surface area (Å²) in [6.07, 6.45) is 1.95. The number of nitrogens with one attached hydrogen (secondary N) is 2. The largest absolute Gasteiger partial charge is 0.389 e. The highest BCUT2D eigenvalue weighted by Crippen LogP contribution is 2.25. The number of carbonyl (C=O) groups is 2. The first-order chi connectivity index (χ1) is 14.5. The maximum atomic E-state index is 12.8. The standard InChI is InChI=1S/C22H29N5O3/c1-15(28)26-10-12-27(13-11-26)20-9-5-8-17(21(20)29)23-22(30)19-14-18(24-25-19)16-6-3-2-4-7-16/h2-4,6-7,14,17,20-21,29H,5,8-13H2,1H3,(H,23,30)(H,24,25)/t17-,20-,21-/m1/s1. The van der Waals surface area contributed by atoms with Crippen molar-refractivity contribution in [3.05, 3.63) is 42.1 Å². The van der Waals surface area contributed by atoms with E-state index < -0.39 is 6.10 Å². The second kappa shape index (κ2) is 8.97. The topological polar surface area (TPSA) is 102 Å². The Morgan fingerprint density at radius 3 is 2.57 bits per heavy atom. The normalized spacial score (nSPS) is 25.1. The van der Waals surface area contributed by atoms with Gasteiger partial charge in [-0.25, -0.2) is 0 Å². The van der Waals surface area contributed by atoms with Crippen LogP contribution in [0, 0.1) is 0 Å². The van der Waals surface area contributed by atoms with Gasteiger partial charge in [-0.3, -0.25) is 19.6 Å². The van der Waals surface area contributed by atoms with Crippen LogP contribution >= 0.6 is 0 Å². The van der Waals surface area contributed by atoms with Crippen molar-refractivity contribution in [1.29, 1.82) is 0 Å². The summed E-state index contributed by atoms with van der Waals surface area (Å²) in [5.74, 6) is -0.158. The Hall–Kier alpha value is -2.71. The first-order valence-corrected chi connectivity index (χ1v) is 10.6. The first kappa shape index (κ1) is 20.6. The number of carbonyl (C=O) groups excluding carboxylic acids is 2. The van der Waals surface area contributed by atoms with Crippen molar-refractivity contribution in [3.8, 4) is 11.3 Å². The molecule has 1 aromatic heterocycles. The van der Waals surface area contributed by atoms with Crippen molar-refractivity contribution < 1.29 is 14.7 Å². The molecule has 3 N–H and O–H groups in total. The number of aliphatic hydroxyl groups excluding tert-OH is 1. The van der Waals surface area contributed by atoms with E-state index in [1.807, 2.05) is 35.2 Å². The number of amides is 2. The highest BCUT2D eigenvalue weighted by atomic mass is 16.3. The SMILES string of the molecule is CC(=O)N1CCN([C@@H]2CCC[C@@H](NC(=O)c3cc(-c4ccccc4)n[nH]3)[C@H]2O)CC1. The van der Waals surface area contributed by atoms with Crippen LogP contribution in [-0.4, -0.2) is 81.3 Å². The molecule has 2 fully saturated rings. The third-order valence-corrected chi connectivity index (χ3v) is 6.26. The molecule has 30 heavy (non-hydrogen) atoms. The molecule has 2 aliphatic rings. The smallest absolute Gasteiger partial charge is 0.269 e. The van der Waals surface area contributed by atoms with E-state index in [4.69, 9.17) is 0 Å². The van der Waals surface area contributed by atoms with Crippen LogP contribution in [0.4, 0.5) is 0 Å². The van der Waals surface area contributed by atoms with Gasteiger partial charge in [0.1, 0.15) is 5.69 Å². The lowest BCUT2D eigenvalue weighted by Gasteiger charge is -2.44. The number of nitrogens with zero attached hydrogens (tertiary/aromatic N) is 3. The van der Waals surface area contributed by atoms with Gasteiger partial charge < -0.3 is 15.3 Å². The van der Waals surface area contributed by atoms with Crippen molar-refractivity contribution >= 4 is 11.8 Å². The quantitative estimate of drug-likeness (QED) is 0.703. The Labute approximate surface area is 176 Å². The van der Waals surface area contributed by atoms with Gasteiger partial charge in [-0.1, -0.05) is 30.3 Å². The van der Waals surface area contributed by atoms with E-state index in [0.717, 1.165) is 37.9 Å². The van der Waals surface area contributed by atoms with E-state index >= 15 is 0 Å². The number of aliphatic hydroxyl groups is 1. The number of rotatable bonds is 4. The molecule has 1 aliphatic heterocycles. The van der Waals surface area contributed by atoms with Gasteiger partial charge in [-0.05, 0) is 25.3 Å². The molecular weight excluding hydrogens is 382 g/mol. The van der Waals surface area contributed by atoms with Crippen molar-refractivity contribution in [2.24, 2.45) is 0 Å². The molecule has 1 aliphatic carbocycles. The van der Waals surface area contributed by atoms with Gasteiger partial charge in [-0.2, -0.15) is 5.10 Å². The summed E-state index contributed by atoms with van der Waals surface area (Å²) in [5, 5.41) is 21.0. The van der Waals surface area contributed by atoms with Crippen LogP contribution < -0.4 is 5.32 Å². The van der Waals surface area contributed by atoms with E-state index in [0.29, 0.717) is 24.5 Å². The average Bonchev–Trinajstić information content (AvgIpc) is 3.26. The average molecular weight is 412 g/mol. The Kier molecular flexibility index (Phi) is 6.15. The zero-order chi connectivity index (χ0) is 21.1. The lowest BCUT2D eigenvalue weighted by molar-refractivity contribution is -0.131. The molecule has 1 saturated heterocycles. The van der Waals surface area contributed by atoms with Crippen LogP contribution in [0.5, 0.6) is 0 Å². The van der Waals surface area contributed by atoms with Crippen molar-refractivity contribution in [1.82, 2.24) is 25.3 Å². The zero-order valence-corrected chi connectivity index (χ0v) is 17.3. The maximum Gasteiger partial charge on any atom is 0.269 e. The monoisotopic (exact) mass is 411 g/mol. The van der Waals surface area contributed by atoms with Crippen molar-refractivity contribution in [3.63, 3.8) is 0 Å². The van der Waals surface area contributed by atoms with Crippen LogP contribution in [0.15, 0.2) is 36.4 Å². The molecule has 0 unspecified atom stereocenters. The van der Waals surface area contributed by atoms with Gasteiger partial charge in [0.2, 0.25) is 5.91 Å². The van der Waals surface area contributed by atoms with Gasteiger partial charge >= 0.3 is 0 Å². The highest BCUT2D eigenvalue weighted by Gasteiger charge is 2.37. The summed E-state index contributed by atoms with van der Waals surface area (Å²) in [6.45, 7) is 4.47. The molecule has 1 saturated carbocycles. The van der Waals surface area contributed by atoms with Crippen LogP contribution in [0.3, 0.4) is 0 Å². The minimum absolute atomic E-state index is 0.000181. The lowest BCUT2D eigenvalue weighted by atomic mass is 9.86. The summed E-state index contributed by atoms with van der Waals surface area (Å²) in [4.78, 5) is 28.4. The van der Waals surface area contributed by atoms with Crippen LogP contribution in [0.1, 0.15) is 36.7 Å². The fourth-order valence-electron chi connectivity index (χ4n) is 4.52. The molecule has 4 rings (SSSR count). The molecule has 160 valence electrons. The number of benzene rings is 1. The number of H-pyrrole nitrogens is 1. The van der Waals surface area contributed by atoms with E-state index in [1.54, 1.807) is 13.0 Å². The van der Waals surface area contributed by atoms with Crippen LogP contribution in [0.2, 0.25) is 0 Å². The van der Waals surface area contributed by atoms with E-state index in [2.05, 4.69) is 20.4 Å². The molecule has 2 amide bonds. The third kappa shape index (κ3) is 4.39. The second-order valence-electron chi connectivity index (χ2n) is 8.14. The van der Waals surface area contributed by atoms with Gasteiger partial charge in [0.25, 0.3) is 5.91 Å². The Balaban J connectivity index is 1.37. The molecule has 0 radical (unpaired) electrons. The fraction of sp³-hybridized carbons (Fsp3) is 0.500. The minimum atomic E-state index is -0.636. The molecule has 3 atom stereocenters. The van der Waals surface area contributed by atoms with E-state index in [9.17, 15) is 14.7 Å². The Morgan fingerprint density at radius 2 is 1.87 bits per heavy atom. The third-order valence-electron chi connectivity index (χ3n) is 6.26. The van der Waals surface area contributed by atoms with E-state index in [-0.39, 0.29) is 23.9 Å². The van der Waals surface area contributed by atoms with Crippen molar-refractivity contribution in [2.45, 2.75) is 44.4 Å². The van der Waals surface area contributed by atoms with Crippen LogP contribution in [-0.2, 0) is 4.79 Å². The molecular formula is C22H29N5O3. The number of piperazine rings is 1. The first-order valence-electron chi connectivity index (χ1n) is 10.6. The summed E-state index contributed by atoms with van der Waals surface area (Å²) in [5.41, 5.74) is 2.04. The zero-order valence-electron chi connectivity index (χ0n) is 17.3. The molecule has 0 bridgehead atoms. The molecule has 8 heteroatoms. The Bertz CT molecular complexity index is 876. The number of aromatic nitrogens is 2. The number of hydrogen-bond donors (Lipinski definition) is 3. The van der Waals surface area contributed by atoms with Gasteiger partial charge in [0, 0.05) is 44.7 Å². The number of aromatic amines is 1. The van der Waals surface area contributed by atoms with Gasteiger partial charge in [-0.15, -0.1) is 0 Å². The predicted octanol–water partition coefficient (Wildman–Crippen LogP) is 1.25. The molecule has 8 nitrogen and oxygen atoms in total. The predicted molar refractivity (Wildman–Crippen MR) is 113 cm³/mol. The maximum absolute atomic E-state index is 12.8.